The van der Waals surface area contributed by atoms with Crippen LogP contribution in [0.2, 0.25) is 0 Å². The van der Waals surface area contributed by atoms with Gasteiger partial charge in [-0.3, -0.25) is 4.79 Å². The molecule has 2 aromatic rings. The van der Waals surface area contributed by atoms with Gasteiger partial charge in [-0.05, 0) is 50.1 Å². The number of esters is 1. The highest BCUT2D eigenvalue weighted by atomic mass is 32.2. The Morgan fingerprint density at radius 1 is 0.971 bits per heavy atom. The van der Waals surface area contributed by atoms with Crippen LogP contribution < -0.4 is 4.90 Å². The van der Waals surface area contributed by atoms with Crippen LogP contribution in [0.1, 0.15) is 30.1 Å². The van der Waals surface area contributed by atoms with Crippen molar-refractivity contribution >= 4 is 27.8 Å². The van der Waals surface area contributed by atoms with E-state index in [0.29, 0.717) is 50.5 Å². The number of piperazine rings is 1. The third-order valence-corrected chi connectivity index (χ3v) is 8.15. The number of amides is 1. The molecule has 1 amide bonds. The first-order valence-corrected chi connectivity index (χ1v) is 12.9. The van der Waals surface area contributed by atoms with Crippen molar-refractivity contribution in [3.63, 3.8) is 0 Å². The number of nitrogens with zero attached hydrogens (tertiary/aromatic N) is 5. The van der Waals surface area contributed by atoms with Gasteiger partial charge in [0.2, 0.25) is 21.9 Å². The van der Waals surface area contributed by atoms with Crippen LogP contribution in [0.3, 0.4) is 0 Å². The summed E-state index contributed by atoms with van der Waals surface area (Å²) in [7, 11) is -3.69. The van der Waals surface area contributed by atoms with Crippen LogP contribution in [0.5, 0.6) is 0 Å². The van der Waals surface area contributed by atoms with Gasteiger partial charge in [-0.15, -0.1) is 0 Å². The summed E-state index contributed by atoms with van der Waals surface area (Å²) in [4.78, 5) is 37.4. The molecule has 10 nitrogen and oxygen atoms in total. The highest BCUT2D eigenvalue weighted by Gasteiger charge is 2.35. The Hall–Kier alpha value is -3.05. The molecule has 0 bridgehead atoms. The summed E-state index contributed by atoms with van der Waals surface area (Å²) in [5.41, 5.74) is 0.309. The molecule has 0 atom stereocenters. The van der Waals surface area contributed by atoms with Crippen molar-refractivity contribution in [3.05, 3.63) is 48.3 Å². The Morgan fingerprint density at radius 3 is 2.18 bits per heavy atom. The van der Waals surface area contributed by atoms with E-state index < -0.39 is 16.0 Å². The smallest absolute Gasteiger partial charge is 0.338 e. The molecular formula is C23H29N5O5S. The molecule has 2 fully saturated rings. The summed E-state index contributed by atoms with van der Waals surface area (Å²) in [6, 6.07) is 7.54. The van der Waals surface area contributed by atoms with Crippen molar-refractivity contribution in [2.45, 2.75) is 24.7 Å². The fourth-order valence-electron chi connectivity index (χ4n) is 4.31. The van der Waals surface area contributed by atoms with Gasteiger partial charge in [0.1, 0.15) is 0 Å². The average molecular weight is 488 g/mol. The molecule has 1 aromatic heterocycles. The maximum Gasteiger partial charge on any atom is 0.338 e. The van der Waals surface area contributed by atoms with Crippen LogP contribution in [0.15, 0.2) is 47.6 Å². The maximum absolute atomic E-state index is 13.0. The van der Waals surface area contributed by atoms with Crippen molar-refractivity contribution in [1.29, 1.82) is 0 Å². The zero-order valence-electron chi connectivity index (χ0n) is 19.2. The highest BCUT2D eigenvalue weighted by Crippen LogP contribution is 2.26. The number of piperidine rings is 1. The molecule has 0 unspecified atom stereocenters. The van der Waals surface area contributed by atoms with Gasteiger partial charge in [-0.1, -0.05) is 0 Å². The summed E-state index contributed by atoms with van der Waals surface area (Å²) in [5, 5.41) is 0. The highest BCUT2D eigenvalue weighted by molar-refractivity contribution is 7.89. The van der Waals surface area contributed by atoms with Gasteiger partial charge in [0.15, 0.2) is 0 Å². The third-order valence-electron chi connectivity index (χ3n) is 6.23. The average Bonchev–Trinajstić information content (AvgIpc) is 2.89. The Kier molecular flexibility index (Phi) is 7.42. The molecule has 0 spiro atoms. The number of sulfonamides is 1. The first-order valence-electron chi connectivity index (χ1n) is 11.5. The van der Waals surface area contributed by atoms with Gasteiger partial charge in [-0.25, -0.2) is 23.2 Å². The van der Waals surface area contributed by atoms with Gasteiger partial charge >= 0.3 is 5.97 Å². The lowest BCUT2D eigenvalue weighted by molar-refractivity contribution is -0.137. The van der Waals surface area contributed by atoms with Crippen LogP contribution in [-0.4, -0.2) is 85.3 Å². The van der Waals surface area contributed by atoms with E-state index in [0.717, 1.165) is 0 Å². The van der Waals surface area contributed by atoms with E-state index in [1.165, 1.54) is 28.6 Å². The lowest BCUT2D eigenvalue weighted by Crippen LogP contribution is -2.52. The number of ether oxygens (including phenoxy) is 1. The fourth-order valence-corrected chi connectivity index (χ4v) is 5.78. The molecule has 0 aliphatic carbocycles. The molecule has 34 heavy (non-hydrogen) atoms. The third kappa shape index (κ3) is 5.20. The van der Waals surface area contributed by atoms with E-state index in [1.54, 1.807) is 25.4 Å². The normalized spacial score (nSPS) is 18.0. The zero-order valence-corrected chi connectivity index (χ0v) is 20.0. The molecule has 1 aromatic carbocycles. The van der Waals surface area contributed by atoms with Crippen molar-refractivity contribution in [1.82, 2.24) is 19.2 Å². The zero-order chi connectivity index (χ0) is 24.1. The Morgan fingerprint density at radius 2 is 1.59 bits per heavy atom. The molecule has 0 radical (unpaired) electrons. The standard InChI is InChI=1S/C23H29N5O5S/c1-2-33-22(30)19-4-6-20(7-5-19)34(31,32)28-12-8-18(9-13-28)21(29)26-14-16-27(17-15-26)23-24-10-3-11-25-23/h3-7,10-11,18H,2,8-9,12-17H2,1H3. The van der Waals surface area contributed by atoms with E-state index in [9.17, 15) is 18.0 Å². The van der Waals surface area contributed by atoms with Crippen LogP contribution >= 0.6 is 0 Å². The summed E-state index contributed by atoms with van der Waals surface area (Å²) in [6.45, 7) is 5.08. The van der Waals surface area contributed by atoms with Crippen molar-refractivity contribution < 1.29 is 22.7 Å². The predicted molar refractivity (Wildman–Crippen MR) is 125 cm³/mol. The molecule has 2 saturated heterocycles. The number of hydrogen-bond donors (Lipinski definition) is 0. The van der Waals surface area contributed by atoms with Gasteiger partial charge in [0.25, 0.3) is 0 Å². The molecule has 0 saturated carbocycles. The van der Waals surface area contributed by atoms with Gasteiger partial charge in [0, 0.05) is 57.6 Å². The topological polar surface area (TPSA) is 113 Å². The monoisotopic (exact) mass is 487 g/mol. The van der Waals surface area contributed by atoms with E-state index in [4.69, 9.17) is 4.74 Å². The van der Waals surface area contributed by atoms with E-state index >= 15 is 0 Å². The number of benzene rings is 1. The lowest BCUT2D eigenvalue weighted by atomic mass is 9.96. The lowest BCUT2D eigenvalue weighted by Gasteiger charge is -2.38. The quantitative estimate of drug-likeness (QED) is 0.562. The van der Waals surface area contributed by atoms with Crippen LogP contribution in [0.25, 0.3) is 0 Å². The minimum atomic E-state index is -3.69. The Bertz CT molecular complexity index is 1090. The second kappa shape index (κ2) is 10.5. The number of rotatable bonds is 6. The minimum Gasteiger partial charge on any atom is -0.462 e. The fraction of sp³-hybridized carbons (Fsp3) is 0.478. The molecule has 11 heteroatoms. The van der Waals surface area contributed by atoms with Crippen LogP contribution in [0.4, 0.5) is 5.95 Å². The number of anilines is 1. The van der Waals surface area contributed by atoms with Crippen LogP contribution in [0, 0.1) is 5.92 Å². The van der Waals surface area contributed by atoms with Crippen molar-refractivity contribution in [3.8, 4) is 0 Å². The van der Waals surface area contributed by atoms with E-state index in [-0.39, 0.29) is 36.4 Å². The first kappa shape index (κ1) is 24.1. The molecule has 3 heterocycles. The molecular weight excluding hydrogens is 458 g/mol. The van der Waals surface area contributed by atoms with Gasteiger partial charge < -0.3 is 14.5 Å². The number of aromatic nitrogens is 2. The number of carbonyl (C=O) groups is 2. The summed E-state index contributed by atoms with van der Waals surface area (Å²) >= 11 is 0. The molecule has 4 rings (SSSR count). The maximum atomic E-state index is 13.0. The SMILES string of the molecule is CCOC(=O)c1ccc(S(=O)(=O)N2CCC(C(=O)N3CCN(c4ncccn4)CC3)CC2)cc1. The Labute approximate surface area is 199 Å². The van der Waals surface area contributed by atoms with Gasteiger partial charge in [-0.2, -0.15) is 4.31 Å². The summed E-state index contributed by atoms with van der Waals surface area (Å²) < 4.78 is 32.4. The minimum absolute atomic E-state index is 0.0875. The molecule has 2 aliphatic rings. The number of carbonyl (C=O) groups excluding carboxylic acids is 2. The number of hydrogen-bond acceptors (Lipinski definition) is 8. The second-order valence-electron chi connectivity index (χ2n) is 8.28. The van der Waals surface area contributed by atoms with Crippen molar-refractivity contribution in [2.24, 2.45) is 5.92 Å². The molecule has 0 N–H and O–H groups in total. The summed E-state index contributed by atoms with van der Waals surface area (Å²) in [5.74, 6) is 0.0907. The van der Waals surface area contributed by atoms with Crippen LogP contribution in [-0.2, 0) is 19.6 Å². The summed E-state index contributed by atoms with van der Waals surface area (Å²) in [6.07, 6.45) is 4.38. The van der Waals surface area contributed by atoms with E-state index in [1.807, 2.05) is 4.90 Å². The van der Waals surface area contributed by atoms with Gasteiger partial charge in [0.05, 0.1) is 17.1 Å². The largest absolute Gasteiger partial charge is 0.462 e. The molecule has 182 valence electrons. The van der Waals surface area contributed by atoms with Crippen molar-refractivity contribution in [2.75, 3.05) is 50.8 Å². The first-order chi connectivity index (χ1) is 16.4. The Balaban J connectivity index is 1.30. The second-order valence-corrected chi connectivity index (χ2v) is 10.2. The molecule has 2 aliphatic heterocycles. The van der Waals surface area contributed by atoms with E-state index in [2.05, 4.69) is 14.9 Å². The predicted octanol–water partition coefficient (Wildman–Crippen LogP) is 1.40.